The predicted molar refractivity (Wildman–Crippen MR) is 60.5 cm³/mol. The van der Waals surface area contributed by atoms with Gasteiger partial charge in [-0.05, 0) is 19.1 Å². The lowest BCUT2D eigenvalue weighted by atomic mass is 10.3. The summed E-state index contributed by atoms with van der Waals surface area (Å²) in [6.45, 7) is 1.86. The number of nitrogens with one attached hydrogen (secondary N) is 1. The Kier molecular flexibility index (Phi) is 1.90. The van der Waals surface area contributed by atoms with Gasteiger partial charge in [-0.2, -0.15) is 5.10 Å². The third kappa shape index (κ3) is 1.27. The molecule has 0 spiro atoms. The molecule has 3 heterocycles. The maximum absolute atomic E-state index is 11.5. The number of aromatic nitrogens is 3. The molecule has 0 saturated heterocycles. The minimum Gasteiger partial charge on any atom is -0.463 e. The van der Waals surface area contributed by atoms with Gasteiger partial charge >= 0.3 is 0 Å². The molecule has 0 atom stereocenters. The summed E-state index contributed by atoms with van der Waals surface area (Å²) in [4.78, 5) is 15.7. The zero-order valence-corrected chi connectivity index (χ0v) is 9.17. The SMILES string of the molecule is Cc1nc2c(=O)[nH]nc(-c3ccco3)c2s1. The Morgan fingerprint density at radius 3 is 3.12 bits per heavy atom. The van der Waals surface area contributed by atoms with Crippen LogP contribution in [0.3, 0.4) is 0 Å². The summed E-state index contributed by atoms with van der Waals surface area (Å²) in [5.41, 5.74) is 0.781. The highest BCUT2D eigenvalue weighted by atomic mass is 32.1. The average Bonchev–Trinajstić information content (AvgIpc) is 2.87. The maximum atomic E-state index is 11.5. The van der Waals surface area contributed by atoms with E-state index in [1.165, 1.54) is 11.3 Å². The number of rotatable bonds is 1. The standard InChI is InChI=1S/C10H7N3O2S/c1-5-11-8-9(16-5)7(12-13-10(8)14)6-3-2-4-15-6/h2-4H,1H3,(H,13,14). The highest BCUT2D eigenvalue weighted by Gasteiger charge is 2.14. The summed E-state index contributed by atoms with van der Waals surface area (Å²) in [7, 11) is 0. The summed E-state index contributed by atoms with van der Waals surface area (Å²) in [5, 5.41) is 7.26. The molecule has 0 fully saturated rings. The lowest BCUT2D eigenvalue weighted by molar-refractivity contribution is 0.579. The van der Waals surface area contributed by atoms with E-state index in [1.54, 1.807) is 18.4 Å². The van der Waals surface area contributed by atoms with E-state index in [2.05, 4.69) is 15.2 Å². The van der Waals surface area contributed by atoms with Crippen LogP contribution < -0.4 is 5.56 Å². The van der Waals surface area contributed by atoms with Crippen LogP contribution in [0.2, 0.25) is 0 Å². The normalized spacial score (nSPS) is 11.1. The maximum Gasteiger partial charge on any atom is 0.291 e. The molecule has 0 aliphatic carbocycles. The van der Waals surface area contributed by atoms with Gasteiger partial charge in [0.25, 0.3) is 5.56 Å². The van der Waals surface area contributed by atoms with Crippen LogP contribution in [-0.4, -0.2) is 15.2 Å². The average molecular weight is 233 g/mol. The van der Waals surface area contributed by atoms with Crippen LogP contribution in [0.5, 0.6) is 0 Å². The molecule has 3 aromatic heterocycles. The Hall–Kier alpha value is -1.95. The Morgan fingerprint density at radius 1 is 1.50 bits per heavy atom. The number of aromatic amines is 1. The first-order chi connectivity index (χ1) is 7.75. The van der Waals surface area contributed by atoms with Crippen molar-refractivity contribution in [2.75, 3.05) is 0 Å². The minimum absolute atomic E-state index is 0.269. The second-order valence-electron chi connectivity index (χ2n) is 3.29. The first-order valence-electron chi connectivity index (χ1n) is 4.65. The first-order valence-corrected chi connectivity index (χ1v) is 5.47. The smallest absolute Gasteiger partial charge is 0.291 e. The third-order valence-corrected chi connectivity index (χ3v) is 3.17. The van der Waals surface area contributed by atoms with E-state index < -0.39 is 0 Å². The number of hydrogen-bond donors (Lipinski definition) is 1. The summed E-state index contributed by atoms with van der Waals surface area (Å²) >= 11 is 1.44. The van der Waals surface area contributed by atoms with Crippen molar-refractivity contribution in [3.63, 3.8) is 0 Å². The number of fused-ring (bicyclic) bond motifs is 1. The summed E-state index contributed by atoms with van der Waals surface area (Å²) < 4.78 is 6.03. The van der Waals surface area contributed by atoms with Crippen molar-refractivity contribution in [1.82, 2.24) is 15.2 Å². The second-order valence-corrected chi connectivity index (χ2v) is 4.49. The van der Waals surface area contributed by atoms with Gasteiger partial charge in [0, 0.05) is 0 Å². The molecule has 0 radical (unpaired) electrons. The molecule has 0 bridgehead atoms. The largest absolute Gasteiger partial charge is 0.463 e. The van der Waals surface area contributed by atoms with Crippen LogP contribution >= 0.6 is 11.3 Å². The zero-order valence-electron chi connectivity index (χ0n) is 8.35. The van der Waals surface area contributed by atoms with Crippen LogP contribution in [0.1, 0.15) is 5.01 Å². The quantitative estimate of drug-likeness (QED) is 0.697. The third-order valence-electron chi connectivity index (χ3n) is 2.19. The molecular formula is C10H7N3O2S. The van der Waals surface area contributed by atoms with E-state index in [4.69, 9.17) is 4.42 Å². The number of H-pyrrole nitrogens is 1. The molecule has 3 aromatic rings. The van der Waals surface area contributed by atoms with Gasteiger partial charge in [-0.3, -0.25) is 4.79 Å². The first kappa shape index (κ1) is 9.29. The van der Waals surface area contributed by atoms with E-state index in [9.17, 15) is 4.79 Å². The summed E-state index contributed by atoms with van der Waals surface area (Å²) in [6, 6.07) is 3.58. The van der Waals surface area contributed by atoms with Crippen LogP contribution in [0.15, 0.2) is 27.6 Å². The van der Waals surface area contributed by atoms with Gasteiger partial charge in [-0.15, -0.1) is 11.3 Å². The lowest BCUT2D eigenvalue weighted by Gasteiger charge is -1.95. The Balaban J connectivity index is 2.42. The molecule has 0 aromatic carbocycles. The Morgan fingerprint density at radius 2 is 2.38 bits per heavy atom. The Labute approximate surface area is 93.8 Å². The molecule has 0 aliphatic heterocycles. The molecule has 80 valence electrons. The van der Waals surface area contributed by atoms with Gasteiger partial charge in [0.1, 0.15) is 5.69 Å². The highest BCUT2D eigenvalue weighted by Crippen LogP contribution is 2.28. The molecule has 5 nitrogen and oxygen atoms in total. The van der Waals surface area contributed by atoms with Gasteiger partial charge in [0.15, 0.2) is 11.3 Å². The zero-order chi connectivity index (χ0) is 11.1. The van der Waals surface area contributed by atoms with Crippen molar-refractivity contribution in [3.05, 3.63) is 33.8 Å². The molecule has 1 N–H and O–H groups in total. The number of furan rings is 1. The van der Waals surface area contributed by atoms with Gasteiger partial charge in [-0.1, -0.05) is 0 Å². The molecule has 0 aliphatic rings. The van der Waals surface area contributed by atoms with E-state index in [0.717, 1.165) is 9.71 Å². The molecule has 16 heavy (non-hydrogen) atoms. The second kappa shape index (κ2) is 3.28. The summed E-state index contributed by atoms with van der Waals surface area (Å²) in [5.74, 6) is 0.630. The number of hydrogen-bond acceptors (Lipinski definition) is 5. The van der Waals surface area contributed by atoms with E-state index in [0.29, 0.717) is 17.0 Å². The van der Waals surface area contributed by atoms with Crippen LogP contribution in [0.4, 0.5) is 0 Å². The number of nitrogens with zero attached hydrogens (tertiary/aromatic N) is 2. The fourth-order valence-corrected chi connectivity index (χ4v) is 2.44. The molecule has 3 rings (SSSR count). The predicted octanol–water partition coefficient (Wildman–Crippen LogP) is 1.95. The molecule has 0 saturated carbocycles. The van der Waals surface area contributed by atoms with E-state index in [-0.39, 0.29) is 5.56 Å². The number of aryl methyl sites for hydroxylation is 1. The van der Waals surface area contributed by atoms with Crippen LogP contribution in [-0.2, 0) is 0 Å². The fourth-order valence-electron chi connectivity index (χ4n) is 1.53. The monoisotopic (exact) mass is 233 g/mol. The molecule has 0 amide bonds. The Bertz CT molecular complexity index is 696. The molecule has 0 unspecified atom stereocenters. The minimum atomic E-state index is -0.269. The van der Waals surface area contributed by atoms with Crippen LogP contribution in [0, 0.1) is 6.92 Å². The van der Waals surface area contributed by atoms with Crippen LogP contribution in [0.25, 0.3) is 21.7 Å². The van der Waals surface area contributed by atoms with Crippen molar-refractivity contribution in [2.45, 2.75) is 6.92 Å². The van der Waals surface area contributed by atoms with Gasteiger partial charge in [0.2, 0.25) is 0 Å². The molecule has 6 heteroatoms. The summed E-state index contributed by atoms with van der Waals surface area (Å²) in [6.07, 6.45) is 1.57. The van der Waals surface area contributed by atoms with Crippen molar-refractivity contribution in [1.29, 1.82) is 0 Å². The fraction of sp³-hybridized carbons (Fsp3) is 0.100. The molecular weight excluding hydrogens is 226 g/mol. The number of thiazole rings is 1. The van der Waals surface area contributed by atoms with Crippen molar-refractivity contribution < 1.29 is 4.42 Å². The van der Waals surface area contributed by atoms with Crippen molar-refractivity contribution >= 4 is 21.6 Å². The van der Waals surface area contributed by atoms with Gasteiger partial charge < -0.3 is 4.42 Å². The van der Waals surface area contributed by atoms with E-state index >= 15 is 0 Å². The van der Waals surface area contributed by atoms with Gasteiger partial charge in [-0.25, -0.2) is 10.1 Å². The van der Waals surface area contributed by atoms with Crippen molar-refractivity contribution in [2.24, 2.45) is 0 Å². The van der Waals surface area contributed by atoms with E-state index in [1.807, 2.05) is 6.92 Å². The highest BCUT2D eigenvalue weighted by molar-refractivity contribution is 7.19. The van der Waals surface area contributed by atoms with Gasteiger partial charge in [0.05, 0.1) is 16.0 Å². The topological polar surface area (TPSA) is 71.8 Å². The van der Waals surface area contributed by atoms with Crippen molar-refractivity contribution in [3.8, 4) is 11.5 Å². The lowest BCUT2D eigenvalue weighted by Crippen LogP contribution is -2.08.